The molecule has 1 saturated carbocycles. The van der Waals surface area contributed by atoms with Gasteiger partial charge in [-0.25, -0.2) is 17.9 Å². The summed E-state index contributed by atoms with van der Waals surface area (Å²) in [4.78, 5) is 17.8. The van der Waals surface area contributed by atoms with Crippen LogP contribution in [0.1, 0.15) is 30.1 Å². The fourth-order valence-electron chi connectivity index (χ4n) is 4.98. The van der Waals surface area contributed by atoms with E-state index in [0.717, 1.165) is 28.9 Å². The zero-order valence-corrected chi connectivity index (χ0v) is 27.7. The molecule has 1 aliphatic carbocycles. The zero-order chi connectivity index (χ0) is 33.1. The first-order valence-electron chi connectivity index (χ1n) is 14.5. The van der Waals surface area contributed by atoms with Crippen molar-refractivity contribution < 1.29 is 36.2 Å². The average Bonchev–Trinajstić information content (AvgIpc) is 3.46. The van der Waals surface area contributed by atoms with Crippen molar-refractivity contribution in [2.24, 2.45) is 5.92 Å². The summed E-state index contributed by atoms with van der Waals surface area (Å²) >= 11 is 14.0. The lowest BCUT2D eigenvalue weighted by Crippen LogP contribution is -2.40. The first kappa shape index (κ1) is 33.5. The number of alkyl halides is 2. The minimum Gasteiger partial charge on any atom is -0.489 e. The molecule has 2 fully saturated rings. The third kappa shape index (κ3) is 7.83. The summed E-state index contributed by atoms with van der Waals surface area (Å²) in [5.41, 5.74) is 1.47. The predicted octanol–water partition coefficient (Wildman–Crippen LogP) is 6.56. The minimum absolute atomic E-state index is 0.00711. The number of benzene rings is 2. The van der Waals surface area contributed by atoms with Gasteiger partial charge in [0.15, 0.2) is 16.9 Å². The van der Waals surface area contributed by atoms with E-state index in [1.54, 1.807) is 35.3 Å². The highest BCUT2D eigenvalue weighted by molar-refractivity contribution is 8.02. The van der Waals surface area contributed by atoms with E-state index in [2.05, 4.69) is 14.8 Å². The van der Waals surface area contributed by atoms with Crippen molar-refractivity contribution >= 4 is 51.0 Å². The molecule has 2 aromatic heterocycles. The lowest BCUT2D eigenvalue weighted by Gasteiger charge is -2.26. The average molecular weight is 726 g/mol. The molecule has 47 heavy (non-hydrogen) atoms. The van der Waals surface area contributed by atoms with E-state index in [-0.39, 0.29) is 39.4 Å². The fourth-order valence-corrected chi connectivity index (χ4v) is 8.55. The Kier molecular flexibility index (Phi) is 10.2. The van der Waals surface area contributed by atoms with Crippen molar-refractivity contribution in [3.05, 3.63) is 94.5 Å². The summed E-state index contributed by atoms with van der Waals surface area (Å²) in [5, 5.41) is 3.40. The molecule has 4 aromatic rings. The predicted molar refractivity (Wildman–Crippen MR) is 172 cm³/mol. The molecule has 2 unspecified atom stereocenters. The van der Waals surface area contributed by atoms with E-state index in [0.29, 0.717) is 35.1 Å². The number of pyridine rings is 1. The van der Waals surface area contributed by atoms with Gasteiger partial charge in [-0.1, -0.05) is 29.3 Å². The maximum atomic E-state index is 13.8. The van der Waals surface area contributed by atoms with Crippen molar-refractivity contribution in [3.8, 4) is 17.2 Å². The van der Waals surface area contributed by atoms with Crippen molar-refractivity contribution in [3.63, 3.8) is 0 Å². The summed E-state index contributed by atoms with van der Waals surface area (Å²) in [6, 6.07) is 12.2. The first-order valence-corrected chi connectivity index (χ1v) is 17.8. The number of thioether (sulfide) groups is 1. The topological polar surface area (TPSA) is 113 Å². The Balaban J connectivity index is 1.28. The Morgan fingerprint density at radius 2 is 1.81 bits per heavy atom. The van der Waals surface area contributed by atoms with Crippen molar-refractivity contribution in [1.82, 2.24) is 19.1 Å². The van der Waals surface area contributed by atoms with Crippen LogP contribution < -0.4 is 9.47 Å². The number of hydrogen-bond acceptors (Lipinski definition) is 9. The Labute approximate surface area is 284 Å². The lowest BCUT2D eigenvalue weighted by molar-refractivity contribution is -0.150. The molecule has 1 saturated heterocycles. The van der Waals surface area contributed by atoms with E-state index in [1.807, 2.05) is 0 Å². The van der Waals surface area contributed by atoms with E-state index >= 15 is 0 Å². The molecule has 10 nitrogen and oxygen atoms in total. The van der Waals surface area contributed by atoms with Gasteiger partial charge < -0.3 is 14.2 Å². The highest BCUT2D eigenvalue weighted by atomic mass is 35.5. The highest BCUT2D eigenvalue weighted by Crippen LogP contribution is 2.39. The molecule has 6 rings (SSSR count). The molecule has 16 heteroatoms. The second-order valence-electron chi connectivity index (χ2n) is 10.8. The molecule has 1 aliphatic heterocycles. The molecular formula is C31H28Cl2F2N4O6S2. The van der Waals surface area contributed by atoms with Crippen LogP contribution in [0.3, 0.4) is 0 Å². The summed E-state index contributed by atoms with van der Waals surface area (Å²) < 4.78 is 73.1. The van der Waals surface area contributed by atoms with Crippen molar-refractivity contribution in [1.29, 1.82) is 0 Å². The number of rotatable bonds is 13. The third-order valence-corrected chi connectivity index (χ3v) is 11.4. The molecule has 0 bridgehead atoms. The quantitative estimate of drug-likeness (QED) is 0.142. The number of aromatic nitrogens is 3. The van der Waals surface area contributed by atoms with Gasteiger partial charge in [0, 0.05) is 43.5 Å². The van der Waals surface area contributed by atoms with Gasteiger partial charge in [0.2, 0.25) is 10.0 Å². The molecular weight excluding hydrogens is 697 g/mol. The van der Waals surface area contributed by atoms with Crippen LogP contribution >= 0.6 is 35.0 Å². The molecule has 3 heterocycles. The second-order valence-corrected chi connectivity index (χ2v) is 14.7. The number of nitrogens with zero attached hydrogens (tertiary/aromatic N) is 4. The normalized spacial score (nSPS) is 17.5. The molecule has 0 radical (unpaired) electrons. The Morgan fingerprint density at radius 1 is 1.06 bits per heavy atom. The number of sulfonamides is 1. The maximum Gasteiger partial charge on any atom is 0.387 e. The van der Waals surface area contributed by atoms with Gasteiger partial charge in [0.1, 0.15) is 6.10 Å². The van der Waals surface area contributed by atoms with Crippen molar-refractivity contribution in [2.75, 3.05) is 18.9 Å². The van der Waals surface area contributed by atoms with Crippen LogP contribution in [0.15, 0.2) is 78.2 Å². The molecule has 2 atom stereocenters. The van der Waals surface area contributed by atoms with Gasteiger partial charge in [-0.2, -0.15) is 18.2 Å². The van der Waals surface area contributed by atoms with Gasteiger partial charge in [0.25, 0.3) is 0 Å². The number of hydrogen-bond donors (Lipinski definition) is 0. The molecule has 2 aromatic carbocycles. The molecule has 2 aliphatic rings. The minimum atomic E-state index is -4.10. The fraction of sp³-hybridized carbons (Fsp3) is 0.323. The second kappa shape index (κ2) is 14.4. The van der Waals surface area contributed by atoms with E-state index in [1.165, 1.54) is 42.7 Å². The summed E-state index contributed by atoms with van der Waals surface area (Å²) in [6.45, 7) is -2.69. The smallest absolute Gasteiger partial charge is 0.387 e. The zero-order valence-electron chi connectivity index (χ0n) is 24.5. The summed E-state index contributed by atoms with van der Waals surface area (Å²) in [6.07, 6.45) is 6.98. The largest absolute Gasteiger partial charge is 0.489 e. The van der Waals surface area contributed by atoms with Crippen LogP contribution in [0, 0.1) is 5.92 Å². The Hall–Kier alpha value is -3.43. The number of carbonyl (C=O) groups excluding carboxylic acids is 1. The van der Waals surface area contributed by atoms with Gasteiger partial charge in [-0.3, -0.25) is 4.98 Å². The highest BCUT2D eigenvalue weighted by Gasteiger charge is 2.42. The van der Waals surface area contributed by atoms with Crippen LogP contribution in [0.25, 0.3) is 5.69 Å². The number of halogens is 4. The molecule has 0 spiro atoms. The SMILES string of the molecule is O=C(OC(Cc1c(Cl)cncc1Cl)c1ccc(OC(F)F)c(OCC2CC2)c1)C1SCCN1S(=O)(=O)c1ccc(-n2cccn2)cc1. The maximum absolute atomic E-state index is 13.8. The number of carbonyl (C=O) groups is 1. The van der Waals surface area contributed by atoms with Gasteiger partial charge >= 0.3 is 12.6 Å². The molecule has 0 amide bonds. The van der Waals surface area contributed by atoms with Gasteiger partial charge in [-0.05, 0) is 72.4 Å². The van der Waals surface area contributed by atoms with E-state index in [4.69, 9.17) is 32.7 Å². The van der Waals surface area contributed by atoms with Crippen LogP contribution in [0.4, 0.5) is 8.78 Å². The van der Waals surface area contributed by atoms with Crippen LogP contribution in [0.5, 0.6) is 11.5 Å². The third-order valence-electron chi connectivity index (χ3n) is 7.59. The Bertz CT molecular complexity index is 1810. The van der Waals surface area contributed by atoms with E-state index < -0.39 is 34.1 Å². The first-order chi connectivity index (χ1) is 22.6. The number of esters is 1. The van der Waals surface area contributed by atoms with Crippen LogP contribution in [-0.4, -0.2) is 64.3 Å². The van der Waals surface area contributed by atoms with Crippen LogP contribution in [-0.2, 0) is 26.0 Å². The van der Waals surface area contributed by atoms with Crippen molar-refractivity contribution in [2.45, 2.75) is 42.2 Å². The monoisotopic (exact) mass is 724 g/mol. The van der Waals surface area contributed by atoms with E-state index in [9.17, 15) is 22.0 Å². The standard InChI is InChI=1S/C31H28Cl2F2N4O6S2/c32-24-16-36-17-25(33)23(24)15-27(20-4-9-26(45-31(34)35)28(14-20)43-18-19-2-3-19)44-30(40)29-39(12-13-46-29)47(41,42)22-7-5-21(6-8-22)38-11-1-10-37-38/h1,4-11,14,16-17,19,27,29,31H,2-3,12-13,15,18H2. The summed E-state index contributed by atoms with van der Waals surface area (Å²) in [5.74, 6) is -0.257. The number of ether oxygens (including phenoxy) is 3. The summed E-state index contributed by atoms with van der Waals surface area (Å²) in [7, 11) is -4.10. The molecule has 0 N–H and O–H groups in total. The Morgan fingerprint density at radius 3 is 2.47 bits per heavy atom. The lowest BCUT2D eigenvalue weighted by atomic mass is 10.0. The van der Waals surface area contributed by atoms with Crippen LogP contribution in [0.2, 0.25) is 10.0 Å². The van der Waals surface area contributed by atoms with Gasteiger partial charge in [-0.15, -0.1) is 11.8 Å². The van der Waals surface area contributed by atoms with Gasteiger partial charge in [0.05, 0.1) is 27.2 Å². The molecule has 248 valence electrons.